The van der Waals surface area contributed by atoms with E-state index in [9.17, 15) is 31.9 Å². The highest BCUT2D eigenvalue weighted by Gasteiger charge is 2.47. The van der Waals surface area contributed by atoms with E-state index in [0.717, 1.165) is 42.5 Å². The molecule has 2 N–H and O–H groups in total. The minimum atomic E-state index is -4.67. The fourth-order valence-corrected chi connectivity index (χ4v) is 5.04. The van der Waals surface area contributed by atoms with Crippen LogP contribution in [0.2, 0.25) is 0 Å². The number of rotatable bonds is 6. The summed E-state index contributed by atoms with van der Waals surface area (Å²) in [4.78, 5) is 19.7. The molecular formula is C28H22F5N5O3. The molecule has 2 aromatic carbocycles. The lowest BCUT2D eigenvalue weighted by Crippen LogP contribution is -2.47. The van der Waals surface area contributed by atoms with E-state index in [2.05, 4.69) is 20.2 Å². The normalized spacial score (nSPS) is 16.8. The van der Waals surface area contributed by atoms with Crippen molar-refractivity contribution in [3.05, 3.63) is 82.4 Å². The van der Waals surface area contributed by atoms with E-state index in [4.69, 9.17) is 4.52 Å². The number of hydrogen-bond acceptors (Lipinski definition) is 6. The van der Waals surface area contributed by atoms with Crippen molar-refractivity contribution in [2.75, 3.05) is 0 Å². The van der Waals surface area contributed by atoms with E-state index >= 15 is 0 Å². The number of H-pyrrole nitrogens is 1. The Kier molecular flexibility index (Phi) is 6.20. The van der Waals surface area contributed by atoms with Crippen molar-refractivity contribution in [1.82, 2.24) is 20.1 Å². The molecule has 6 rings (SSSR count). The van der Waals surface area contributed by atoms with Gasteiger partial charge in [0, 0.05) is 11.6 Å². The van der Waals surface area contributed by atoms with E-state index < -0.39 is 34.9 Å². The van der Waals surface area contributed by atoms with Crippen LogP contribution in [0.1, 0.15) is 60.4 Å². The third kappa shape index (κ3) is 4.45. The van der Waals surface area contributed by atoms with Crippen molar-refractivity contribution in [2.24, 2.45) is 5.10 Å². The predicted octanol–water partition coefficient (Wildman–Crippen LogP) is 6.45. The lowest BCUT2D eigenvalue weighted by Gasteiger charge is -2.34. The van der Waals surface area contributed by atoms with Crippen LogP contribution in [0.25, 0.3) is 22.6 Å². The van der Waals surface area contributed by atoms with Gasteiger partial charge in [0.1, 0.15) is 17.2 Å². The molecule has 1 atom stereocenters. The van der Waals surface area contributed by atoms with Crippen LogP contribution < -0.4 is 0 Å². The van der Waals surface area contributed by atoms with Crippen LogP contribution in [0.15, 0.2) is 52.1 Å². The van der Waals surface area contributed by atoms with Crippen LogP contribution in [-0.4, -0.2) is 37.4 Å². The number of fused-ring (bicyclic) bond motifs is 1. The number of nitrogens with one attached hydrogen (secondary N) is 1. The highest BCUT2D eigenvalue weighted by atomic mass is 19.4. The van der Waals surface area contributed by atoms with Crippen LogP contribution in [0, 0.1) is 11.6 Å². The Bertz CT molecular complexity index is 1690. The summed E-state index contributed by atoms with van der Waals surface area (Å²) in [5, 5.41) is 19.4. The van der Waals surface area contributed by atoms with Gasteiger partial charge in [-0.15, -0.1) is 0 Å². The first kappa shape index (κ1) is 26.7. The zero-order chi connectivity index (χ0) is 29.1. The van der Waals surface area contributed by atoms with Crippen LogP contribution in [-0.2, 0) is 23.1 Å². The summed E-state index contributed by atoms with van der Waals surface area (Å²) in [7, 11) is 0. The number of halogens is 5. The van der Waals surface area contributed by atoms with Gasteiger partial charge >= 0.3 is 12.1 Å². The van der Waals surface area contributed by atoms with Crippen molar-refractivity contribution in [1.29, 1.82) is 0 Å². The SMILES string of the molecule is CC(C(=O)O)(c1cc(-c2ccc(C3CCC3)cc2C(F)(F)F)no1)N1Cc2[nH]c(-c3cccc(F)c3F)nc2C=N1. The Morgan fingerprint density at radius 1 is 1.12 bits per heavy atom. The number of hydrazone groups is 1. The second-order valence-electron chi connectivity index (χ2n) is 10.2. The van der Waals surface area contributed by atoms with Crippen molar-refractivity contribution in [3.63, 3.8) is 0 Å². The Balaban J connectivity index is 1.33. The number of nitrogens with zero attached hydrogens (tertiary/aromatic N) is 4. The first-order valence-electron chi connectivity index (χ1n) is 12.7. The number of hydrogen-bond donors (Lipinski definition) is 2. The molecule has 0 amide bonds. The summed E-state index contributed by atoms with van der Waals surface area (Å²) < 4.78 is 75.5. The molecule has 41 heavy (non-hydrogen) atoms. The van der Waals surface area contributed by atoms with Crippen molar-refractivity contribution in [3.8, 4) is 22.6 Å². The Hall–Kier alpha value is -4.55. The average molecular weight is 572 g/mol. The molecule has 13 heteroatoms. The lowest BCUT2D eigenvalue weighted by molar-refractivity contribution is -0.153. The Labute approximate surface area is 229 Å². The monoisotopic (exact) mass is 571 g/mol. The minimum absolute atomic E-state index is 0.0179. The van der Waals surface area contributed by atoms with Gasteiger partial charge in [-0.1, -0.05) is 29.8 Å². The molecule has 0 saturated heterocycles. The van der Waals surface area contributed by atoms with Crippen LogP contribution in [0.4, 0.5) is 22.0 Å². The fraction of sp³-hybridized carbons (Fsp3) is 0.286. The highest BCUT2D eigenvalue weighted by molar-refractivity contribution is 5.83. The molecule has 1 aliphatic carbocycles. The molecule has 1 aliphatic heterocycles. The topological polar surface area (TPSA) is 108 Å². The van der Waals surface area contributed by atoms with Gasteiger partial charge in [-0.3, -0.25) is 5.01 Å². The zero-order valence-corrected chi connectivity index (χ0v) is 21.5. The summed E-state index contributed by atoms with van der Waals surface area (Å²) in [5.41, 5.74) is -2.17. The summed E-state index contributed by atoms with van der Waals surface area (Å²) >= 11 is 0. The van der Waals surface area contributed by atoms with Crippen LogP contribution in [0.5, 0.6) is 0 Å². The van der Waals surface area contributed by atoms with E-state index in [0.29, 0.717) is 11.3 Å². The van der Waals surface area contributed by atoms with Crippen molar-refractivity contribution in [2.45, 2.75) is 50.4 Å². The second kappa shape index (κ2) is 9.53. The number of imidazole rings is 1. The predicted molar refractivity (Wildman–Crippen MR) is 136 cm³/mol. The smallest absolute Gasteiger partial charge is 0.417 e. The highest BCUT2D eigenvalue weighted by Crippen LogP contribution is 2.43. The van der Waals surface area contributed by atoms with Gasteiger partial charge in [0.15, 0.2) is 17.4 Å². The number of benzene rings is 2. The molecule has 0 spiro atoms. The number of aromatic nitrogens is 3. The number of carbonyl (C=O) groups is 1. The van der Waals surface area contributed by atoms with E-state index in [1.54, 1.807) is 6.07 Å². The minimum Gasteiger partial charge on any atom is -0.479 e. The first-order valence-corrected chi connectivity index (χ1v) is 12.7. The molecule has 1 saturated carbocycles. The van der Waals surface area contributed by atoms with Gasteiger partial charge in [0.05, 0.1) is 29.6 Å². The summed E-state index contributed by atoms with van der Waals surface area (Å²) in [6.07, 6.45) is -0.799. The molecule has 212 valence electrons. The van der Waals surface area contributed by atoms with Gasteiger partial charge in [0.2, 0.25) is 5.54 Å². The third-order valence-corrected chi connectivity index (χ3v) is 7.77. The van der Waals surface area contributed by atoms with E-state index in [1.165, 1.54) is 31.3 Å². The molecule has 0 bridgehead atoms. The number of alkyl halides is 3. The average Bonchev–Trinajstić information content (AvgIpc) is 3.55. The Morgan fingerprint density at radius 3 is 2.59 bits per heavy atom. The summed E-state index contributed by atoms with van der Waals surface area (Å²) in [6, 6.07) is 8.87. The van der Waals surface area contributed by atoms with E-state index in [-0.39, 0.29) is 46.6 Å². The molecule has 0 radical (unpaired) electrons. The second-order valence-corrected chi connectivity index (χ2v) is 10.2. The van der Waals surface area contributed by atoms with Crippen molar-refractivity contribution >= 4 is 12.2 Å². The van der Waals surface area contributed by atoms with Crippen LogP contribution in [0.3, 0.4) is 0 Å². The van der Waals surface area contributed by atoms with Crippen LogP contribution >= 0.6 is 0 Å². The molecule has 1 unspecified atom stereocenters. The summed E-state index contributed by atoms with van der Waals surface area (Å²) in [6.45, 7) is 1.11. The summed E-state index contributed by atoms with van der Waals surface area (Å²) in [5.74, 6) is -3.73. The molecule has 2 aromatic heterocycles. The van der Waals surface area contributed by atoms with Gasteiger partial charge in [-0.2, -0.15) is 18.3 Å². The number of aromatic amines is 1. The maximum absolute atomic E-state index is 14.3. The standard InChI is InChI=1S/C28H22F5N5O3/c1-27(26(39)40,38-13-22-21(12-34-38)35-25(36-22)17-6-3-7-19(29)24(17)30)23-11-20(37-41-23)16-9-8-15(14-4-2-5-14)10-18(16)28(31,32)33/h3,6-12,14H,2,4-5,13H2,1H3,(H,35,36)(H,39,40). The number of carboxylic acid groups (broad SMARTS) is 1. The molecular weight excluding hydrogens is 549 g/mol. The Morgan fingerprint density at radius 2 is 1.90 bits per heavy atom. The molecule has 8 nitrogen and oxygen atoms in total. The number of carboxylic acids is 1. The number of aliphatic carboxylic acids is 1. The third-order valence-electron chi connectivity index (χ3n) is 7.77. The molecule has 2 aliphatic rings. The fourth-order valence-electron chi connectivity index (χ4n) is 5.04. The molecule has 3 heterocycles. The van der Waals surface area contributed by atoms with Gasteiger partial charge in [0.25, 0.3) is 0 Å². The quantitative estimate of drug-likeness (QED) is 0.258. The largest absolute Gasteiger partial charge is 0.479 e. The molecule has 4 aromatic rings. The maximum atomic E-state index is 14.3. The van der Waals surface area contributed by atoms with Gasteiger partial charge < -0.3 is 14.6 Å². The lowest BCUT2D eigenvalue weighted by atomic mass is 9.79. The van der Waals surface area contributed by atoms with Crippen molar-refractivity contribution < 1.29 is 36.4 Å². The van der Waals surface area contributed by atoms with Gasteiger partial charge in [-0.25, -0.2) is 18.6 Å². The van der Waals surface area contributed by atoms with Gasteiger partial charge in [-0.05, 0) is 49.4 Å². The van der Waals surface area contributed by atoms with E-state index in [1.807, 2.05) is 0 Å². The zero-order valence-electron chi connectivity index (χ0n) is 21.5. The molecule has 1 fully saturated rings. The first-order chi connectivity index (χ1) is 19.5. The maximum Gasteiger partial charge on any atom is 0.417 e.